The van der Waals surface area contributed by atoms with Crippen LogP contribution in [0.2, 0.25) is 0 Å². The van der Waals surface area contributed by atoms with Crippen molar-refractivity contribution in [2.75, 3.05) is 13.7 Å². The van der Waals surface area contributed by atoms with E-state index in [1.165, 1.54) is 11.0 Å². The number of carbonyl (C=O) groups is 2. The minimum Gasteiger partial charge on any atom is -0.508 e. The highest BCUT2D eigenvalue weighted by Gasteiger charge is 2.38. The van der Waals surface area contributed by atoms with Crippen LogP contribution >= 0.6 is 15.9 Å². The molecule has 1 aliphatic rings. The zero-order chi connectivity index (χ0) is 19.6. The average Bonchev–Trinajstić information content (AvgIpc) is 2.66. The first kappa shape index (κ1) is 19.0. The zero-order valence-electron chi connectivity index (χ0n) is 14.9. The van der Waals surface area contributed by atoms with Crippen LogP contribution in [0, 0.1) is 0 Å². The Kier molecular flexibility index (Phi) is 5.51. The van der Waals surface area contributed by atoms with Gasteiger partial charge in [-0.2, -0.15) is 0 Å². The summed E-state index contributed by atoms with van der Waals surface area (Å²) in [6.45, 7) is 1.91. The van der Waals surface area contributed by atoms with Crippen LogP contribution in [0.5, 0.6) is 5.75 Å². The fourth-order valence-corrected chi connectivity index (χ4v) is 3.45. The topological polar surface area (TPSA) is 78.9 Å². The molecular formula is C20H19BrN2O4. The summed E-state index contributed by atoms with van der Waals surface area (Å²) in [6.07, 6.45) is 0. The van der Waals surface area contributed by atoms with Crippen LogP contribution in [0.15, 0.2) is 58.6 Å². The highest BCUT2D eigenvalue weighted by Crippen LogP contribution is 2.39. The Balaban J connectivity index is 2.28. The van der Waals surface area contributed by atoms with Gasteiger partial charge in [-0.25, -0.2) is 9.59 Å². The first-order valence-electron chi connectivity index (χ1n) is 8.43. The molecule has 6 nitrogen and oxygen atoms in total. The van der Waals surface area contributed by atoms with Crippen molar-refractivity contribution >= 4 is 33.6 Å². The third-order valence-electron chi connectivity index (χ3n) is 4.29. The molecule has 1 heterocycles. The van der Waals surface area contributed by atoms with Crippen molar-refractivity contribution in [3.05, 3.63) is 69.7 Å². The monoisotopic (exact) mass is 430 g/mol. The minimum absolute atomic E-state index is 0.0257. The highest BCUT2D eigenvalue weighted by atomic mass is 79.9. The summed E-state index contributed by atoms with van der Waals surface area (Å²) in [5, 5.41) is 13.2. The summed E-state index contributed by atoms with van der Waals surface area (Å²) < 4.78 is 5.99. The molecule has 2 N–H and O–H groups in total. The highest BCUT2D eigenvalue weighted by molar-refractivity contribution is 9.10. The lowest BCUT2D eigenvalue weighted by Gasteiger charge is -2.35. The number of carbonyl (C=O) groups excluding carboxylic acids is 2. The maximum Gasteiger partial charge on any atom is 0.338 e. The van der Waals surface area contributed by atoms with Gasteiger partial charge in [-0.3, -0.25) is 4.90 Å². The number of urea groups is 1. The van der Waals surface area contributed by atoms with Crippen molar-refractivity contribution in [3.8, 4) is 5.75 Å². The number of nitrogens with one attached hydrogen (secondary N) is 1. The molecule has 0 bridgehead atoms. The Morgan fingerprint density at radius 1 is 1.26 bits per heavy atom. The van der Waals surface area contributed by atoms with E-state index in [-0.39, 0.29) is 24.0 Å². The summed E-state index contributed by atoms with van der Waals surface area (Å²) in [5.41, 5.74) is 1.82. The molecule has 0 saturated heterocycles. The number of amides is 2. The van der Waals surface area contributed by atoms with Gasteiger partial charge in [-0.1, -0.05) is 46.3 Å². The summed E-state index contributed by atoms with van der Waals surface area (Å²) in [5.74, 6) is -0.574. The maximum absolute atomic E-state index is 12.9. The number of hydrogen-bond donors (Lipinski definition) is 2. The summed E-state index contributed by atoms with van der Waals surface area (Å²) in [7, 11) is 1.59. The Hall–Kier alpha value is -2.80. The molecule has 2 aromatic carbocycles. The molecule has 0 aliphatic carbocycles. The predicted molar refractivity (Wildman–Crippen MR) is 105 cm³/mol. The molecule has 140 valence electrons. The second-order valence-corrected chi connectivity index (χ2v) is 6.91. The van der Waals surface area contributed by atoms with Crippen LogP contribution in [0.1, 0.15) is 24.1 Å². The first-order chi connectivity index (χ1) is 12.9. The lowest BCUT2D eigenvalue weighted by atomic mass is 9.91. The lowest BCUT2D eigenvalue weighted by Crippen LogP contribution is -2.46. The molecule has 2 amide bonds. The van der Waals surface area contributed by atoms with Crippen molar-refractivity contribution in [1.82, 2.24) is 10.2 Å². The fourth-order valence-electron chi connectivity index (χ4n) is 3.07. The number of rotatable bonds is 4. The van der Waals surface area contributed by atoms with E-state index in [4.69, 9.17) is 4.74 Å². The zero-order valence-corrected chi connectivity index (χ0v) is 16.5. The molecule has 0 aromatic heterocycles. The lowest BCUT2D eigenvalue weighted by molar-refractivity contribution is -0.138. The van der Waals surface area contributed by atoms with Crippen molar-refractivity contribution in [3.63, 3.8) is 0 Å². The van der Waals surface area contributed by atoms with E-state index in [1.54, 1.807) is 26.1 Å². The third-order valence-corrected chi connectivity index (χ3v) is 4.79. The summed E-state index contributed by atoms with van der Waals surface area (Å²) >= 11 is 3.37. The second-order valence-electron chi connectivity index (χ2n) is 5.99. The van der Waals surface area contributed by atoms with Gasteiger partial charge in [0.2, 0.25) is 0 Å². The molecule has 3 rings (SSSR count). The van der Waals surface area contributed by atoms with Crippen molar-refractivity contribution in [1.29, 1.82) is 0 Å². The van der Waals surface area contributed by atoms with Crippen LogP contribution in [0.4, 0.5) is 4.79 Å². The van der Waals surface area contributed by atoms with Gasteiger partial charge in [0, 0.05) is 17.1 Å². The van der Waals surface area contributed by atoms with E-state index in [0.29, 0.717) is 21.3 Å². The fraction of sp³-hybridized carbons (Fsp3) is 0.200. The molecule has 7 heteroatoms. The summed E-state index contributed by atoms with van der Waals surface area (Å²) in [6, 6.07) is 12.8. The Morgan fingerprint density at radius 2 is 1.96 bits per heavy atom. The van der Waals surface area contributed by atoms with Gasteiger partial charge in [-0.05, 0) is 30.7 Å². The molecule has 2 aromatic rings. The second kappa shape index (κ2) is 7.84. The van der Waals surface area contributed by atoms with Crippen LogP contribution in [0.25, 0.3) is 5.70 Å². The van der Waals surface area contributed by atoms with Crippen LogP contribution in [-0.2, 0) is 9.53 Å². The van der Waals surface area contributed by atoms with E-state index in [1.807, 2.05) is 30.3 Å². The minimum atomic E-state index is -0.847. The van der Waals surface area contributed by atoms with Crippen LogP contribution in [-0.4, -0.2) is 35.7 Å². The van der Waals surface area contributed by atoms with Gasteiger partial charge >= 0.3 is 12.0 Å². The normalized spacial score (nSPS) is 16.9. The molecule has 0 saturated carbocycles. The van der Waals surface area contributed by atoms with E-state index < -0.39 is 12.0 Å². The molecular weight excluding hydrogens is 412 g/mol. The number of hydrogen-bond acceptors (Lipinski definition) is 4. The van der Waals surface area contributed by atoms with Crippen molar-refractivity contribution in [2.45, 2.75) is 13.0 Å². The number of halogens is 1. The van der Waals surface area contributed by atoms with Crippen molar-refractivity contribution < 1.29 is 19.4 Å². The first-order valence-corrected chi connectivity index (χ1v) is 9.22. The summed E-state index contributed by atoms with van der Waals surface area (Å²) in [4.78, 5) is 26.9. The predicted octanol–water partition coefficient (Wildman–Crippen LogP) is 3.83. The number of esters is 1. The molecule has 0 spiro atoms. The molecule has 27 heavy (non-hydrogen) atoms. The SMILES string of the molecule is CCOC(=O)C1=C(c2ccccc2)N(C)C(=O)N[C@@H]1c1cc(Br)ccc1O. The van der Waals surface area contributed by atoms with Crippen LogP contribution < -0.4 is 5.32 Å². The Labute approximate surface area is 165 Å². The number of ether oxygens (including phenoxy) is 1. The number of aromatic hydroxyl groups is 1. The van der Waals surface area contributed by atoms with Crippen LogP contribution in [0.3, 0.4) is 0 Å². The standard InChI is InChI=1S/C20H19BrN2O4/c1-3-27-19(25)16-17(14-11-13(21)9-10-15(14)24)22-20(26)23(2)18(16)12-7-5-4-6-8-12/h4-11,17,24H,3H2,1-2H3,(H,22,26)/t17-/m1/s1. The van der Waals surface area contributed by atoms with Gasteiger partial charge in [-0.15, -0.1) is 0 Å². The van der Waals surface area contributed by atoms with Gasteiger partial charge in [0.25, 0.3) is 0 Å². The average molecular weight is 431 g/mol. The number of phenols is 1. The Morgan fingerprint density at radius 3 is 2.63 bits per heavy atom. The molecule has 1 atom stereocenters. The number of benzene rings is 2. The third kappa shape index (κ3) is 3.68. The smallest absolute Gasteiger partial charge is 0.338 e. The van der Waals surface area contributed by atoms with Gasteiger partial charge in [0.1, 0.15) is 5.75 Å². The Bertz CT molecular complexity index is 911. The van der Waals surface area contributed by atoms with Gasteiger partial charge in [0.15, 0.2) is 0 Å². The van der Waals surface area contributed by atoms with Gasteiger partial charge in [0.05, 0.1) is 23.9 Å². The molecule has 0 unspecified atom stereocenters. The molecule has 0 fully saturated rings. The molecule has 0 radical (unpaired) electrons. The van der Waals surface area contributed by atoms with Gasteiger partial charge < -0.3 is 15.2 Å². The van der Waals surface area contributed by atoms with E-state index >= 15 is 0 Å². The number of nitrogens with zero attached hydrogens (tertiary/aromatic N) is 1. The largest absolute Gasteiger partial charge is 0.508 e. The van der Waals surface area contributed by atoms with E-state index in [9.17, 15) is 14.7 Å². The maximum atomic E-state index is 12.9. The number of phenolic OH excluding ortho intramolecular Hbond substituents is 1. The molecule has 1 aliphatic heterocycles. The van der Waals surface area contributed by atoms with E-state index in [2.05, 4.69) is 21.2 Å². The quantitative estimate of drug-likeness (QED) is 0.722. The van der Waals surface area contributed by atoms with Crippen molar-refractivity contribution in [2.24, 2.45) is 0 Å². The van der Waals surface area contributed by atoms with E-state index in [0.717, 1.165) is 0 Å².